The first-order chi connectivity index (χ1) is 6.56. The van der Waals surface area contributed by atoms with Gasteiger partial charge in [-0.05, 0) is 43.6 Å². The molecule has 1 atom stereocenters. The Kier molecular flexibility index (Phi) is 3.91. The normalized spacial score (nSPS) is 23.1. The van der Waals surface area contributed by atoms with Gasteiger partial charge in [-0.25, -0.2) is 0 Å². The van der Waals surface area contributed by atoms with Gasteiger partial charge in [0.15, 0.2) is 5.78 Å². The lowest BCUT2D eigenvalue weighted by Gasteiger charge is -2.28. The van der Waals surface area contributed by atoms with Gasteiger partial charge >= 0.3 is 0 Å². The summed E-state index contributed by atoms with van der Waals surface area (Å²) < 4.78 is 0. The van der Waals surface area contributed by atoms with Crippen LogP contribution < -0.4 is 0 Å². The minimum absolute atomic E-state index is 0.368. The van der Waals surface area contributed by atoms with Gasteiger partial charge in [0.25, 0.3) is 0 Å². The molecular formula is C13H22O. The first-order valence-corrected chi connectivity index (χ1v) is 5.78. The summed E-state index contributed by atoms with van der Waals surface area (Å²) in [4.78, 5) is 11.7. The van der Waals surface area contributed by atoms with Crippen LogP contribution in [0, 0.1) is 11.8 Å². The molecule has 0 radical (unpaired) electrons. The number of Topliss-reactive ketones (excluding diaryl/α,β-unsaturated/α-hetero) is 1. The molecule has 0 spiro atoms. The maximum Gasteiger partial charge on any atom is 0.158 e. The molecule has 0 bridgehead atoms. The van der Waals surface area contributed by atoms with Gasteiger partial charge in [-0.15, -0.1) is 0 Å². The molecule has 0 aliphatic heterocycles. The number of ketones is 1. The molecule has 0 aromatic carbocycles. The van der Waals surface area contributed by atoms with Crippen molar-refractivity contribution in [1.29, 1.82) is 0 Å². The van der Waals surface area contributed by atoms with Crippen LogP contribution in [0.2, 0.25) is 0 Å². The highest BCUT2D eigenvalue weighted by Crippen LogP contribution is 2.34. The Labute approximate surface area is 87.6 Å². The molecule has 0 fully saturated rings. The van der Waals surface area contributed by atoms with E-state index in [2.05, 4.69) is 20.8 Å². The van der Waals surface area contributed by atoms with E-state index in [1.54, 1.807) is 0 Å². The van der Waals surface area contributed by atoms with Gasteiger partial charge in [-0.3, -0.25) is 4.79 Å². The predicted molar refractivity (Wildman–Crippen MR) is 60.2 cm³/mol. The van der Waals surface area contributed by atoms with E-state index in [0.29, 0.717) is 18.1 Å². The van der Waals surface area contributed by atoms with Gasteiger partial charge < -0.3 is 0 Å². The minimum Gasteiger partial charge on any atom is -0.295 e. The summed E-state index contributed by atoms with van der Waals surface area (Å²) in [5, 5.41) is 0. The fourth-order valence-electron chi connectivity index (χ4n) is 2.23. The maximum absolute atomic E-state index is 11.7. The Morgan fingerprint density at radius 3 is 2.64 bits per heavy atom. The fourth-order valence-corrected chi connectivity index (χ4v) is 2.23. The summed E-state index contributed by atoms with van der Waals surface area (Å²) in [6.45, 7) is 8.61. The third-order valence-electron chi connectivity index (χ3n) is 3.47. The second-order valence-corrected chi connectivity index (χ2v) is 4.78. The SMILES string of the molecule is CCC(=O)C1=C(C)CC[C@H](C(C)C)C1. The Morgan fingerprint density at radius 2 is 2.14 bits per heavy atom. The molecule has 0 aromatic heterocycles. The fraction of sp³-hybridized carbons (Fsp3) is 0.769. The summed E-state index contributed by atoms with van der Waals surface area (Å²) in [5.74, 6) is 1.81. The number of carbonyl (C=O) groups excluding carboxylic acids is 1. The van der Waals surface area contributed by atoms with Gasteiger partial charge in [-0.1, -0.05) is 26.3 Å². The molecule has 14 heavy (non-hydrogen) atoms. The molecule has 0 heterocycles. The average molecular weight is 194 g/mol. The second kappa shape index (κ2) is 4.77. The van der Waals surface area contributed by atoms with Crippen molar-refractivity contribution in [2.45, 2.75) is 53.4 Å². The Balaban J connectivity index is 2.76. The van der Waals surface area contributed by atoms with Crippen LogP contribution in [0.4, 0.5) is 0 Å². The van der Waals surface area contributed by atoms with Crippen molar-refractivity contribution < 1.29 is 4.79 Å². The van der Waals surface area contributed by atoms with E-state index in [1.165, 1.54) is 12.0 Å². The zero-order valence-electron chi connectivity index (χ0n) is 9.89. The molecule has 0 saturated carbocycles. The molecule has 0 N–H and O–H groups in total. The van der Waals surface area contributed by atoms with E-state index in [-0.39, 0.29) is 0 Å². The number of carbonyl (C=O) groups is 1. The average Bonchev–Trinajstić information content (AvgIpc) is 2.17. The molecule has 0 amide bonds. The van der Waals surface area contributed by atoms with Crippen molar-refractivity contribution in [2.75, 3.05) is 0 Å². The summed E-state index contributed by atoms with van der Waals surface area (Å²) in [5.41, 5.74) is 2.48. The van der Waals surface area contributed by atoms with Crippen LogP contribution in [-0.4, -0.2) is 5.78 Å². The van der Waals surface area contributed by atoms with Crippen molar-refractivity contribution in [1.82, 2.24) is 0 Å². The molecule has 1 nitrogen and oxygen atoms in total. The predicted octanol–water partition coefficient (Wildman–Crippen LogP) is 3.74. The van der Waals surface area contributed by atoms with Crippen molar-refractivity contribution in [3.05, 3.63) is 11.1 Å². The van der Waals surface area contributed by atoms with E-state index >= 15 is 0 Å². The van der Waals surface area contributed by atoms with Gasteiger partial charge in [0.1, 0.15) is 0 Å². The molecule has 0 aromatic rings. The van der Waals surface area contributed by atoms with Crippen LogP contribution in [0.3, 0.4) is 0 Å². The molecule has 1 aliphatic carbocycles. The lowest BCUT2D eigenvalue weighted by Crippen LogP contribution is -2.18. The molecule has 1 aliphatic rings. The summed E-state index contributed by atoms with van der Waals surface area (Å²) in [6.07, 6.45) is 4.08. The summed E-state index contributed by atoms with van der Waals surface area (Å²) in [6, 6.07) is 0. The molecular weight excluding hydrogens is 172 g/mol. The number of hydrogen-bond acceptors (Lipinski definition) is 1. The smallest absolute Gasteiger partial charge is 0.158 e. The van der Waals surface area contributed by atoms with Crippen LogP contribution in [-0.2, 0) is 4.79 Å². The van der Waals surface area contributed by atoms with E-state index in [1.807, 2.05) is 6.92 Å². The molecule has 0 saturated heterocycles. The Morgan fingerprint density at radius 1 is 1.50 bits per heavy atom. The first-order valence-electron chi connectivity index (χ1n) is 5.78. The lowest BCUT2D eigenvalue weighted by atomic mass is 9.77. The van der Waals surface area contributed by atoms with E-state index in [0.717, 1.165) is 24.3 Å². The minimum atomic E-state index is 0.368. The van der Waals surface area contributed by atoms with Crippen molar-refractivity contribution >= 4 is 5.78 Å². The van der Waals surface area contributed by atoms with Crippen molar-refractivity contribution in [3.8, 4) is 0 Å². The van der Waals surface area contributed by atoms with E-state index in [9.17, 15) is 4.79 Å². The molecule has 1 heteroatoms. The Bertz CT molecular complexity index is 248. The third-order valence-corrected chi connectivity index (χ3v) is 3.47. The van der Waals surface area contributed by atoms with Crippen LogP contribution in [0.1, 0.15) is 53.4 Å². The largest absolute Gasteiger partial charge is 0.295 e. The van der Waals surface area contributed by atoms with E-state index in [4.69, 9.17) is 0 Å². The van der Waals surface area contributed by atoms with Crippen LogP contribution in [0.15, 0.2) is 11.1 Å². The van der Waals surface area contributed by atoms with Gasteiger partial charge in [0.2, 0.25) is 0 Å². The maximum atomic E-state index is 11.7. The highest BCUT2D eigenvalue weighted by atomic mass is 16.1. The highest BCUT2D eigenvalue weighted by molar-refractivity contribution is 5.95. The zero-order chi connectivity index (χ0) is 10.7. The second-order valence-electron chi connectivity index (χ2n) is 4.78. The lowest BCUT2D eigenvalue weighted by molar-refractivity contribution is -0.115. The number of allylic oxidation sites excluding steroid dienone is 2. The van der Waals surface area contributed by atoms with Gasteiger partial charge in [0.05, 0.1) is 0 Å². The standard InChI is InChI=1S/C13H22O/c1-5-13(14)12-8-11(9(2)3)7-6-10(12)4/h9,11H,5-8H2,1-4H3/t11-/m0/s1. The molecule has 1 rings (SSSR count). The number of hydrogen-bond donors (Lipinski definition) is 0. The topological polar surface area (TPSA) is 17.1 Å². The van der Waals surface area contributed by atoms with Crippen LogP contribution in [0.5, 0.6) is 0 Å². The van der Waals surface area contributed by atoms with Crippen LogP contribution in [0.25, 0.3) is 0 Å². The van der Waals surface area contributed by atoms with E-state index < -0.39 is 0 Å². The summed E-state index contributed by atoms with van der Waals surface area (Å²) >= 11 is 0. The molecule has 80 valence electrons. The quantitative estimate of drug-likeness (QED) is 0.669. The summed E-state index contributed by atoms with van der Waals surface area (Å²) in [7, 11) is 0. The number of rotatable bonds is 3. The highest BCUT2D eigenvalue weighted by Gasteiger charge is 2.24. The molecule has 0 unspecified atom stereocenters. The van der Waals surface area contributed by atoms with Crippen molar-refractivity contribution in [3.63, 3.8) is 0 Å². The van der Waals surface area contributed by atoms with Gasteiger partial charge in [0, 0.05) is 6.42 Å². The zero-order valence-corrected chi connectivity index (χ0v) is 9.89. The van der Waals surface area contributed by atoms with Crippen molar-refractivity contribution in [2.24, 2.45) is 11.8 Å². The third kappa shape index (κ3) is 2.46. The Hall–Kier alpha value is -0.590. The monoisotopic (exact) mass is 194 g/mol. The van der Waals surface area contributed by atoms with Gasteiger partial charge in [-0.2, -0.15) is 0 Å². The first kappa shape index (κ1) is 11.5. The van der Waals surface area contributed by atoms with Crippen LogP contribution >= 0.6 is 0 Å².